The van der Waals surface area contributed by atoms with Crippen LogP contribution in [0.25, 0.3) is 0 Å². The second kappa shape index (κ2) is 7.26. The van der Waals surface area contributed by atoms with Crippen molar-refractivity contribution < 1.29 is 9.53 Å². The molecule has 1 aliphatic rings. The van der Waals surface area contributed by atoms with Crippen molar-refractivity contribution in [1.29, 1.82) is 0 Å². The van der Waals surface area contributed by atoms with E-state index in [1.807, 2.05) is 23.1 Å². The second-order valence-electron chi connectivity index (χ2n) is 5.04. The van der Waals surface area contributed by atoms with Gasteiger partial charge in [-0.3, -0.25) is 4.79 Å². The second-order valence-corrected chi connectivity index (χ2v) is 5.04. The van der Waals surface area contributed by atoms with Crippen LogP contribution in [0.1, 0.15) is 12.5 Å². The van der Waals surface area contributed by atoms with Crippen molar-refractivity contribution in [3.05, 3.63) is 35.9 Å². The quantitative estimate of drug-likeness (QED) is 0.888. The maximum Gasteiger partial charge on any atom is 0.219 e. The van der Waals surface area contributed by atoms with Crippen LogP contribution in [-0.2, 0) is 16.1 Å². The van der Waals surface area contributed by atoms with Crippen LogP contribution in [0.5, 0.6) is 0 Å². The minimum atomic E-state index is 0.150. The third-order valence-corrected chi connectivity index (χ3v) is 3.38. The molecule has 104 valence electrons. The normalized spacial score (nSPS) is 20.1. The largest absolute Gasteiger partial charge is 0.376 e. The van der Waals surface area contributed by atoms with Crippen molar-refractivity contribution in [3.8, 4) is 0 Å². The van der Waals surface area contributed by atoms with Crippen LogP contribution in [0, 0.1) is 5.92 Å². The standard InChI is InChI=1S/C15H22N2O2/c1-13(18)17-8-7-16-9-15(10-17)12-19-11-14-5-3-2-4-6-14/h2-6,15-16H,7-12H2,1H3/t15-/m0/s1. The number of ether oxygens (including phenoxy) is 1. The molecule has 0 spiro atoms. The number of amides is 1. The van der Waals surface area contributed by atoms with E-state index in [1.54, 1.807) is 6.92 Å². The molecule has 0 unspecified atom stereocenters. The van der Waals surface area contributed by atoms with Gasteiger partial charge >= 0.3 is 0 Å². The number of carbonyl (C=O) groups excluding carboxylic acids is 1. The lowest BCUT2D eigenvalue weighted by Crippen LogP contribution is -2.35. The van der Waals surface area contributed by atoms with E-state index in [-0.39, 0.29) is 5.91 Å². The molecule has 1 heterocycles. The zero-order valence-corrected chi connectivity index (χ0v) is 11.5. The molecule has 1 aromatic carbocycles. The highest BCUT2D eigenvalue weighted by Crippen LogP contribution is 2.07. The molecule has 0 aromatic heterocycles. The Labute approximate surface area is 114 Å². The van der Waals surface area contributed by atoms with E-state index >= 15 is 0 Å². The first-order chi connectivity index (χ1) is 9.25. The van der Waals surface area contributed by atoms with Gasteiger partial charge < -0.3 is 15.0 Å². The zero-order valence-electron chi connectivity index (χ0n) is 11.5. The molecule has 19 heavy (non-hydrogen) atoms. The van der Waals surface area contributed by atoms with Crippen molar-refractivity contribution >= 4 is 5.91 Å². The lowest BCUT2D eigenvalue weighted by molar-refractivity contribution is -0.129. The summed E-state index contributed by atoms with van der Waals surface area (Å²) in [7, 11) is 0. The monoisotopic (exact) mass is 262 g/mol. The number of nitrogens with one attached hydrogen (secondary N) is 1. The van der Waals surface area contributed by atoms with E-state index in [1.165, 1.54) is 5.56 Å². The molecular formula is C15H22N2O2. The SMILES string of the molecule is CC(=O)N1CCNC[C@H](COCc2ccccc2)C1. The van der Waals surface area contributed by atoms with Crippen LogP contribution in [0.4, 0.5) is 0 Å². The molecule has 2 rings (SSSR count). The highest BCUT2D eigenvalue weighted by atomic mass is 16.5. The lowest BCUT2D eigenvalue weighted by atomic mass is 10.1. The van der Waals surface area contributed by atoms with Gasteiger partial charge in [-0.15, -0.1) is 0 Å². The maximum atomic E-state index is 11.4. The van der Waals surface area contributed by atoms with Crippen molar-refractivity contribution in [2.75, 3.05) is 32.8 Å². The minimum Gasteiger partial charge on any atom is -0.376 e. The average Bonchev–Trinajstić information content (AvgIpc) is 2.66. The summed E-state index contributed by atoms with van der Waals surface area (Å²) in [5, 5.41) is 3.36. The van der Waals surface area contributed by atoms with E-state index in [4.69, 9.17) is 4.74 Å². The Balaban J connectivity index is 1.76. The summed E-state index contributed by atoms with van der Waals surface area (Å²) in [6, 6.07) is 10.2. The Kier molecular flexibility index (Phi) is 5.36. The van der Waals surface area contributed by atoms with Gasteiger partial charge in [-0.2, -0.15) is 0 Å². The third-order valence-electron chi connectivity index (χ3n) is 3.38. The van der Waals surface area contributed by atoms with Gasteiger partial charge in [0.2, 0.25) is 5.91 Å². The molecule has 1 amide bonds. The Hall–Kier alpha value is -1.39. The minimum absolute atomic E-state index is 0.150. The number of hydrogen-bond acceptors (Lipinski definition) is 3. The topological polar surface area (TPSA) is 41.6 Å². The van der Waals surface area contributed by atoms with Gasteiger partial charge in [-0.1, -0.05) is 30.3 Å². The van der Waals surface area contributed by atoms with Gasteiger partial charge in [0.25, 0.3) is 0 Å². The Bertz CT molecular complexity index is 394. The summed E-state index contributed by atoms with van der Waals surface area (Å²) in [5.74, 6) is 0.520. The molecule has 0 radical (unpaired) electrons. The van der Waals surface area contributed by atoms with E-state index in [9.17, 15) is 4.79 Å². The summed E-state index contributed by atoms with van der Waals surface area (Å²) in [5.41, 5.74) is 1.19. The fourth-order valence-electron chi connectivity index (χ4n) is 2.30. The first-order valence-corrected chi connectivity index (χ1v) is 6.83. The number of nitrogens with zero attached hydrogens (tertiary/aromatic N) is 1. The van der Waals surface area contributed by atoms with E-state index in [0.29, 0.717) is 19.1 Å². The molecule has 4 nitrogen and oxygen atoms in total. The molecule has 1 aliphatic heterocycles. The third kappa shape index (κ3) is 4.65. The fourth-order valence-corrected chi connectivity index (χ4v) is 2.30. The highest BCUT2D eigenvalue weighted by Gasteiger charge is 2.19. The molecular weight excluding hydrogens is 240 g/mol. The van der Waals surface area contributed by atoms with Crippen molar-refractivity contribution in [2.24, 2.45) is 5.92 Å². The maximum absolute atomic E-state index is 11.4. The molecule has 4 heteroatoms. The van der Waals surface area contributed by atoms with Gasteiger partial charge in [-0.05, 0) is 5.56 Å². The predicted octanol–water partition coefficient (Wildman–Crippen LogP) is 1.27. The molecule has 0 saturated carbocycles. The first-order valence-electron chi connectivity index (χ1n) is 6.83. The number of rotatable bonds is 4. The predicted molar refractivity (Wildman–Crippen MR) is 74.7 cm³/mol. The molecule has 0 bridgehead atoms. The summed E-state index contributed by atoms with van der Waals surface area (Å²) in [6.45, 7) is 6.32. The highest BCUT2D eigenvalue weighted by molar-refractivity contribution is 5.73. The van der Waals surface area contributed by atoms with E-state index < -0.39 is 0 Å². The van der Waals surface area contributed by atoms with Crippen LogP contribution in [-0.4, -0.2) is 43.6 Å². The summed E-state index contributed by atoms with van der Waals surface area (Å²) in [4.78, 5) is 13.3. The molecule has 1 fully saturated rings. The number of carbonyl (C=O) groups is 1. The van der Waals surface area contributed by atoms with Gasteiger partial charge in [0.05, 0.1) is 13.2 Å². The van der Waals surface area contributed by atoms with Crippen LogP contribution < -0.4 is 5.32 Å². The Morgan fingerprint density at radius 3 is 2.95 bits per heavy atom. The van der Waals surface area contributed by atoms with Gasteiger partial charge in [0.15, 0.2) is 0 Å². The van der Waals surface area contributed by atoms with Gasteiger partial charge in [0.1, 0.15) is 0 Å². The average molecular weight is 262 g/mol. The molecule has 1 aromatic rings. The Morgan fingerprint density at radius 1 is 1.42 bits per heavy atom. The number of hydrogen-bond donors (Lipinski definition) is 1. The molecule has 0 aliphatic carbocycles. The van der Waals surface area contributed by atoms with Gasteiger partial charge in [-0.25, -0.2) is 0 Å². The summed E-state index contributed by atoms with van der Waals surface area (Å²) in [6.07, 6.45) is 0. The van der Waals surface area contributed by atoms with Crippen molar-refractivity contribution in [1.82, 2.24) is 10.2 Å². The first kappa shape index (κ1) is 14.0. The zero-order chi connectivity index (χ0) is 13.5. The van der Waals surface area contributed by atoms with Crippen LogP contribution in [0.15, 0.2) is 30.3 Å². The Morgan fingerprint density at radius 2 is 2.21 bits per heavy atom. The molecule has 1 saturated heterocycles. The summed E-state index contributed by atoms with van der Waals surface area (Å²) >= 11 is 0. The van der Waals surface area contributed by atoms with Crippen LogP contribution >= 0.6 is 0 Å². The number of benzene rings is 1. The van der Waals surface area contributed by atoms with Crippen molar-refractivity contribution in [2.45, 2.75) is 13.5 Å². The summed E-state index contributed by atoms with van der Waals surface area (Å²) < 4.78 is 5.76. The fraction of sp³-hybridized carbons (Fsp3) is 0.533. The van der Waals surface area contributed by atoms with E-state index in [0.717, 1.165) is 26.2 Å². The lowest BCUT2D eigenvalue weighted by Gasteiger charge is -2.22. The van der Waals surface area contributed by atoms with Gasteiger partial charge in [0, 0.05) is 39.0 Å². The molecule has 1 N–H and O–H groups in total. The molecule has 1 atom stereocenters. The van der Waals surface area contributed by atoms with Crippen molar-refractivity contribution in [3.63, 3.8) is 0 Å². The van der Waals surface area contributed by atoms with Crippen LogP contribution in [0.2, 0.25) is 0 Å². The smallest absolute Gasteiger partial charge is 0.219 e. The van der Waals surface area contributed by atoms with E-state index in [2.05, 4.69) is 17.4 Å². The van der Waals surface area contributed by atoms with Crippen LogP contribution in [0.3, 0.4) is 0 Å².